The number of halogens is 1. The molecule has 96 valence electrons. The first-order valence-corrected chi connectivity index (χ1v) is 6.06. The van der Waals surface area contributed by atoms with Crippen molar-refractivity contribution < 1.29 is 5.11 Å². The van der Waals surface area contributed by atoms with E-state index in [1.54, 1.807) is 10.7 Å². The molecule has 0 spiro atoms. The van der Waals surface area contributed by atoms with Crippen molar-refractivity contribution in [3.05, 3.63) is 46.7 Å². The van der Waals surface area contributed by atoms with Crippen LogP contribution in [-0.2, 0) is 20.2 Å². The minimum absolute atomic E-state index is 0.00627. The molecule has 1 N–H and O–H groups in total. The minimum Gasteiger partial charge on any atom is -0.392 e. The van der Waals surface area contributed by atoms with Crippen LogP contribution in [-0.4, -0.2) is 21.9 Å². The van der Waals surface area contributed by atoms with E-state index in [4.69, 9.17) is 16.7 Å². The monoisotopic (exact) mass is 265 g/mol. The van der Waals surface area contributed by atoms with E-state index in [2.05, 4.69) is 10.00 Å². The zero-order chi connectivity index (χ0) is 13.1. The first kappa shape index (κ1) is 12.9. The molecule has 0 unspecified atom stereocenters. The molecule has 0 saturated carbocycles. The molecule has 0 aliphatic carbocycles. The SMILES string of the molecule is CN(Cc1cnn(C)c1)c1ccc(CO)cc1Cl. The van der Waals surface area contributed by atoms with Crippen LogP contribution in [0.4, 0.5) is 5.69 Å². The summed E-state index contributed by atoms with van der Waals surface area (Å²) in [5.74, 6) is 0. The summed E-state index contributed by atoms with van der Waals surface area (Å²) in [6, 6.07) is 5.59. The van der Waals surface area contributed by atoms with Crippen molar-refractivity contribution in [3.8, 4) is 0 Å². The highest BCUT2D eigenvalue weighted by Gasteiger charge is 2.08. The highest BCUT2D eigenvalue weighted by atomic mass is 35.5. The van der Waals surface area contributed by atoms with E-state index in [-0.39, 0.29) is 6.61 Å². The van der Waals surface area contributed by atoms with Crippen molar-refractivity contribution in [2.45, 2.75) is 13.2 Å². The van der Waals surface area contributed by atoms with Crippen molar-refractivity contribution in [3.63, 3.8) is 0 Å². The summed E-state index contributed by atoms with van der Waals surface area (Å²) in [6.45, 7) is 0.748. The molecule has 18 heavy (non-hydrogen) atoms. The van der Waals surface area contributed by atoms with Gasteiger partial charge >= 0.3 is 0 Å². The molecule has 2 rings (SSSR count). The second-order valence-electron chi connectivity index (χ2n) is 4.32. The van der Waals surface area contributed by atoms with Crippen molar-refractivity contribution in [1.29, 1.82) is 0 Å². The van der Waals surface area contributed by atoms with Crippen LogP contribution in [0.3, 0.4) is 0 Å². The second-order valence-corrected chi connectivity index (χ2v) is 4.73. The third-order valence-corrected chi connectivity index (χ3v) is 3.09. The topological polar surface area (TPSA) is 41.3 Å². The molecule has 1 heterocycles. The first-order valence-electron chi connectivity index (χ1n) is 5.68. The van der Waals surface area contributed by atoms with Gasteiger partial charge in [-0.05, 0) is 17.7 Å². The molecule has 5 heteroatoms. The van der Waals surface area contributed by atoms with Crippen LogP contribution in [0.25, 0.3) is 0 Å². The normalized spacial score (nSPS) is 10.7. The number of hydrogen-bond donors (Lipinski definition) is 1. The third kappa shape index (κ3) is 2.83. The highest BCUT2D eigenvalue weighted by Crippen LogP contribution is 2.27. The van der Waals surface area contributed by atoms with Crippen LogP contribution in [0.1, 0.15) is 11.1 Å². The van der Waals surface area contributed by atoms with Gasteiger partial charge in [0.2, 0.25) is 0 Å². The fraction of sp³-hybridized carbons (Fsp3) is 0.308. The van der Waals surface area contributed by atoms with Crippen LogP contribution in [0.5, 0.6) is 0 Å². The Bertz CT molecular complexity index is 539. The van der Waals surface area contributed by atoms with Crippen LogP contribution >= 0.6 is 11.6 Å². The maximum absolute atomic E-state index is 9.05. The number of aliphatic hydroxyl groups is 1. The Balaban J connectivity index is 2.15. The molecule has 1 aromatic heterocycles. The van der Waals surface area contributed by atoms with Gasteiger partial charge < -0.3 is 10.0 Å². The maximum atomic E-state index is 9.05. The molecular weight excluding hydrogens is 250 g/mol. The van der Waals surface area contributed by atoms with Gasteiger partial charge in [0.1, 0.15) is 0 Å². The summed E-state index contributed by atoms with van der Waals surface area (Å²) in [5, 5.41) is 13.8. The lowest BCUT2D eigenvalue weighted by atomic mass is 10.2. The highest BCUT2D eigenvalue weighted by molar-refractivity contribution is 6.33. The summed E-state index contributed by atoms with van der Waals surface area (Å²) in [7, 11) is 3.87. The summed E-state index contributed by atoms with van der Waals surface area (Å²) in [5.41, 5.74) is 2.89. The smallest absolute Gasteiger partial charge is 0.0682 e. The number of aryl methyl sites for hydroxylation is 1. The molecule has 0 saturated heterocycles. The molecule has 4 nitrogen and oxygen atoms in total. The van der Waals surface area contributed by atoms with Gasteiger partial charge in [0, 0.05) is 32.4 Å². The standard InChI is InChI=1S/C13H16ClN3O/c1-16(7-11-6-15-17(2)8-11)13-4-3-10(9-18)5-12(13)14/h3-6,8,18H,7,9H2,1-2H3. The van der Waals surface area contributed by atoms with Crippen molar-refractivity contribution in [1.82, 2.24) is 9.78 Å². The van der Waals surface area contributed by atoms with Gasteiger partial charge in [0.05, 0.1) is 23.5 Å². The molecule has 0 aliphatic rings. The Morgan fingerprint density at radius 2 is 2.17 bits per heavy atom. The lowest BCUT2D eigenvalue weighted by molar-refractivity contribution is 0.282. The fourth-order valence-corrected chi connectivity index (χ4v) is 2.22. The summed E-state index contributed by atoms with van der Waals surface area (Å²) in [6.07, 6.45) is 3.82. The van der Waals surface area contributed by atoms with E-state index in [1.165, 1.54) is 0 Å². The van der Waals surface area contributed by atoms with Crippen molar-refractivity contribution >= 4 is 17.3 Å². The number of hydrogen-bond acceptors (Lipinski definition) is 3. The number of anilines is 1. The number of benzene rings is 1. The molecule has 1 aromatic carbocycles. The van der Waals surface area contributed by atoms with Gasteiger partial charge in [0.25, 0.3) is 0 Å². The summed E-state index contributed by atoms with van der Waals surface area (Å²) < 4.78 is 1.78. The minimum atomic E-state index is 0.00627. The predicted octanol–water partition coefficient (Wildman–Crippen LogP) is 2.20. The lowest BCUT2D eigenvalue weighted by Gasteiger charge is -2.20. The van der Waals surface area contributed by atoms with Crippen LogP contribution in [0.15, 0.2) is 30.6 Å². The molecule has 2 aromatic rings. The molecular formula is C13H16ClN3O. The zero-order valence-electron chi connectivity index (χ0n) is 10.5. The van der Waals surface area contributed by atoms with Gasteiger partial charge in [-0.15, -0.1) is 0 Å². The lowest BCUT2D eigenvalue weighted by Crippen LogP contribution is -2.16. The Morgan fingerprint density at radius 3 is 2.72 bits per heavy atom. The van der Waals surface area contributed by atoms with E-state index < -0.39 is 0 Å². The molecule has 0 amide bonds. The van der Waals surface area contributed by atoms with E-state index in [0.29, 0.717) is 5.02 Å². The molecule has 0 bridgehead atoms. The van der Waals surface area contributed by atoms with Gasteiger partial charge in [-0.3, -0.25) is 4.68 Å². The Morgan fingerprint density at radius 1 is 1.39 bits per heavy atom. The van der Waals surface area contributed by atoms with Crippen molar-refractivity contribution in [2.75, 3.05) is 11.9 Å². The van der Waals surface area contributed by atoms with Crippen molar-refractivity contribution in [2.24, 2.45) is 7.05 Å². The third-order valence-electron chi connectivity index (χ3n) is 2.78. The average molecular weight is 266 g/mol. The number of aliphatic hydroxyl groups excluding tert-OH is 1. The first-order chi connectivity index (χ1) is 8.60. The summed E-state index contributed by atoms with van der Waals surface area (Å²) in [4.78, 5) is 2.06. The quantitative estimate of drug-likeness (QED) is 0.922. The average Bonchev–Trinajstić information content (AvgIpc) is 2.74. The summed E-state index contributed by atoms with van der Waals surface area (Å²) >= 11 is 6.20. The Hall–Kier alpha value is -1.52. The van der Waals surface area contributed by atoms with Gasteiger partial charge in [-0.1, -0.05) is 17.7 Å². The van der Waals surface area contributed by atoms with Gasteiger partial charge in [0.15, 0.2) is 0 Å². The van der Waals surface area contributed by atoms with E-state index in [1.807, 2.05) is 38.6 Å². The predicted molar refractivity (Wildman–Crippen MR) is 72.7 cm³/mol. The number of rotatable bonds is 4. The molecule has 0 aliphatic heterocycles. The molecule has 0 radical (unpaired) electrons. The van der Waals surface area contributed by atoms with Crippen LogP contribution in [0, 0.1) is 0 Å². The fourth-order valence-electron chi connectivity index (χ4n) is 1.87. The van der Waals surface area contributed by atoms with E-state index in [9.17, 15) is 0 Å². The molecule has 0 atom stereocenters. The number of aromatic nitrogens is 2. The second kappa shape index (κ2) is 5.42. The van der Waals surface area contributed by atoms with E-state index >= 15 is 0 Å². The van der Waals surface area contributed by atoms with Gasteiger partial charge in [-0.25, -0.2) is 0 Å². The van der Waals surface area contributed by atoms with E-state index in [0.717, 1.165) is 23.4 Å². The Labute approximate surface area is 111 Å². The van der Waals surface area contributed by atoms with Crippen LogP contribution < -0.4 is 4.90 Å². The zero-order valence-corrected chi connectivity index (χ0v) is 11.2. The van der Waals surface area contributed by atoms with Gasteiger partial charge in [-0.2, -0.15) is 5.10 Å². The van der Waals surface area contributed by atoms with Crippen LogP contribution in [0.2, 0.25) is 5.02 Å². The molecule has 0 fully saturated rings. The maximum Gasteiger partial charge on any atom is 0.0682 e. The Kier molecular flexibility index (Phi) is 3.89. The largest absolute Gasteiger partial charge is 0.392 e. The number of nitrogens with zero attached hydrogens (tertiary/aromatic N) is 3.